The lowest BCUT2D eigenvalue weighted by molar-refractivity contribution is 0.102. The number of carbonyl (C=O) groups excluding carboxylic acids is 1. The van der Waals surface area contributed by atoms with Crippen LogP contribution < -0.4 is 9.47 Å². The van der Waals surface area contributed by atoms with Gasteiger partial charge in [-0.1, -0.05) is 11.8 Å². The Morgan fingerprint density at radius 1 is 1.14 bits per heavy atom. The third-order valence-corrected chi connectivity index (χ3v) is 3.84. The Hall–Kier alpha value is -1.79. The molecule has 0 aliphatic carbocycles. The number of nitrogens with zero attached hydrogens (tertiary/aromatic N) is 2. The van der Waals surface area contributed by atoms with Crippen LogP contribution in [0.1, 0.15) is 21.7 Å². The Kier molecular flexibility index (Phi) is 5.26. The second kappa shape index (κ2) is 6.98. The van der Waals surface area contributed by atoms with Crippen molar-refractivity contribution in [1.82, 2.24) is 9.97 Å². The number of thioether (sulfide) groups is 1. The molecule has 3 rings (SSSR count). The van der Waals surface area contributed by atoms with Crippen LogP contribution in [0.15, 0.2) is 29.4 Å². The largest absolute Gasteiger partial charge is 0.454 e. The molecule has 2 aromatic rings. The van der Waals surface area contributed by atoms with Gasteiger partial charge >= 0.3 is 0 Å². The van der Waals surface area contributed by atoms with E-state index >= 15 is 0 Å². The molecule has 1 aromatic carbocycles. The Labute approximate surface area is 138 Å². The summed E-state index contributed by atoms with van der Waals surface area (Å²) in [5, 5.41) is 0.626. The van der Waals surface area contributed by atoms with E-state index in [1.54, 1.807) is 18.2 Å². The van der Waals surface area contributed by atoms with Crippen molar-refractivity contribution in [3.63, 3.8) is 0 Å². The molecule has 0 fully saturated rings. The quantitative estimate of drug-likeness (QED) is 0.484. The molecule has 0 saturated heterocycles. The number of aryl methyl sites for hydroxylation is 2. The van der Waals surface area contributed by atoms with Crippen LogP contribution in [0.2, 0.25) is 0 Å². The Morgan fingerprint density at radius 2 is 1.82 bits per heavy atom. The van der Waals surface area contributed by atoms with Gasteiger partial charge in [-0.15, -0.1) is 12.4 Å². The number of rotatable bonds is 4. The average molecular weight is 339 g/mol. The van der Waals surface area contributed by atoms with Crippen LogP contribution >= 0.6 is 24.2 Å². The lowest BCUT2D eigenvalue weighted by Crippen LogP contribution is -2.03. The zero-order valence-corrected chi connectivity index (χ0v) is 13.8. The van der Waals surface area contributed by atoms with Crippen LogP contribution in [0.5, 0.6) is 11.5 Å². The maximum absolute atomic E-state index is 12.2. The molecule has 1 aromatic heterocycles. The van der Waals surface area contributed by atoms with Crippen LogP contribution in [-0.2, 0) is 0 Å². The molecule has 2 heterocycles. The predicted molar refractivity (Wildman–Crippen MR) is 86.4 cm³/mol. The number of Topliss-reactive ketones (excluding diaryl/α,β-unsaturated/α-hetero) is 1. The lowest BCUT2D eigenvalue weighted by atomic mass is 10.1. The van der Waals surface area contributed by atoms with E-state index in [1.165, 1.54) is 11.8 Å². The minimum absolute atomic E-state index is 0. The molecule has 1 aliphatic rings. The molecule has 0 bridgehead atoms. The zero-order chi connectivity index (χ0) is 14.8. The van der Waals surface area contributed by atoms with Crippen LogP contribution in [0.3, 0.4) is 0 Å². The van der Waals surface area contributed by atoms with E-state index in [-0.39, 0.29) is 25.0 Å². The molecule has 0 saturated carbocycles. The van der Waals surface area contributed by atoms with Crippen molar-refractivity contribution >= 4 is 30.0 Å². The first kappa shape index (κ1) is 16.6. The first-order valence-electron chi connectivity index (χ1n) is 6.50. The highest BCUT2D eigenvalue weighted by Crippen LogP contribution is 2.32. The van der Waals surface area contributed by atoms with Crippen molar-refractivity contribution < 1.29 is 14.3 Å². The fourth-order valence-corrected chi connectivity index (χ4v) is 2.89. The molecule has 0 N–H and O–H groups in total. The van der Waals surface area contributed by atoms with Gasteiger partial charge in [-0.2, -0.15) is 0 Å². The number of carbonyl (C=O) groups is 1. The van der Waals surface area contributed by atoms with Gasteiger partial charge in [0.1, 0.15) is 0 Å². The standard InChI is InChI=1S/C15H14N2O3S.ClH/c1-9-5-10(2)17-15(16-9)21-7-12(18)11-3-4-13-14(6-11)20-8-19-13;/h3-6H,7-8H2,1-2H3;1H. The molecule has 1 aliphatic heterocycles. The van der Waals surface area contributed by atoms with Crippen LogP contribution in [0.25, 0.3) is 0 Å². The normalized spacial score (nSPS) is 11.9. The second-order valence-corrected chi connectivity index (χ2v) is 5.66. The number of ketones is 1. The van der Waals surface area contributed by atoms with Gasteiger partial charge in [0.25, 0.3) is 0 Å². The van der Waals surface area contributed by atoms with Gasteiger partial charge in [0, 0.05) is 17.0 Å². The van der Waals surface area contributed by atoms with Gasteiger partial charge in [0.15, 0.2) is 22.4 Å². The molecule has 0 amide bonds. The number of ether oxygens (including phenoxy) is 2. The predicted octanol–water partition coefficient (Wildman–Crippen LogP) is 3.22. The SMILES string of the molecule is Cc1cc(C)nc(SCC(=O)c2ccc3c(c2)OCO3)n1.Cl. The third kappa shape index (κ3) is 3.69. The van der Waals surface area contributed by atoms with E-state index in [9.17, 15) is 4.79 Å². The summed E-state index contributed by atoms with van der Waals surface area (Å²) in [5.41, 5.74) is 2.41. The summed E-state index contributed by atoms with van der Waals surface area (Å²) in [6.45, 7) is 4.04. The molecule has 0 radical (unpaired) electrons. The maximum atomic E-state index is 12.2. The number of fused-ring (bicyclic) bond motifs is 1. The minimum Gasteiger partial charge on any atom is -0.454 e. The number of benzene rings is 1. The van der Waals surface area contributed by atoms with Gasteiger partial charge in [-0.05, 0) is 38.1 Å². The monoisotopic (exact) mass is 338 g/mol. The number of hydrogen-bond donors (Lipinski definition) is 0. The van der Waals surface area contributed by atoms with Crippen LogP contribution in [-0.4, -0.2) is 28.3 Å². The highest BCUT2D eigenvalue weighted by atomic mass is 35.5. The van der Waals surface area contributed by atoms with Crippen molar-refractivity contribution in [1.29, 1.82) is 0 Å². The number of aromatic nitrogens is 2. The lowest BCUT2D eigenvalue weighted by Gasteiger charge is -2.04. The van der Waals surface area contributed by atoms with Crippen LogP contribution in [0.4, 0.5) is 0 Å². The molecule has 7 heteroatoms. The molecule has 0 unspecified atom stereocenters. The second-order valence-electron chi connectivity index (χ2n) is 4.71. The first-order chi connectivity index (χ1) is 10.1. The fourth-order valence-electron chi connectivity index (χ4n) is 2.04. The van der Waals surface area contributed by atoms with E-state index in [4.69, 9.17) is 9.47 Å². The molecular weight excluding hydrogens is 324 g/mol. The number of hydrogen-bond acceptors (Lipinski definition) is 6. The number of halogens is 1. The van der Waals surface area contributed by atoms with E-state index in [2.05, 4.69) is 9.97 Å². The van der Waals surface area contributed by atoms with Crippen molar-refractivity contribution in [3.8, 4) is 11.5 Å². The molecule has 5 nitrogen and oxygen atoms in total. The summed E-state index contributed by atoms with van der Waals surface area (Å²) in [6, 6.07) is 7.13. The van der Waals surface area contributed by atoms with Crippen molar-refractivity contribution in [3.05, 3.63) is 41.2 Å². The molecular formula is C15H15ClN2O3S. The summed E-state index contributed by atoms with van der Waals surface area (Å²) in [5.74, 6) is 1.61. The minimum atomic E-state index is 0. The van der Waals surface area contributed by atoms with Gasteiger partial charge in [0.2, 0.25) is 6.79 Å². The van der Waals surface area contributed by atoms with Gasteiger partial charge in [-0.25, -0.2) is 9.97 Å². The Bertz CT molecular complexity index is 689. The molecule has 116 valence electrons. The molecule has 0 spiro atoms. The van der Waals surface area contributed by atoms with Crippen molar-refractivity contribution in [2.75, 3.05) is 12.5 Å². The van der Waals surface area contributed by atoms with Crippen molar-refractivity contribution in [2.45, 2.75) is 19.0 Å². The van der Waals surface area contributed by atoms with E-state index in [0.717, 1.165) is 11.4 Å². The summed E-state index contributed by atoms with van der Waals surface area (Å²) >= 11 is 1.34. The topological polar surface area (TPSA) is 61.3 Å². The Morgan fingerprint density at radius 3 is 2.55 bits per heavy atom. The van der Waals surface area contributed by atoms with E-state index in [0.29, 0.717) is 28.0 Å². The summed E-state index contributed by atoms with van der Waals surface area (Å²) in [7, 11) is 0. The molecule has 22 heavy (non-hydrogen) atoms. The maximum Gasteiger partial charge on any atom is 0.231 e. The first-order valence-corrected chi connectivity index (χ1v) is 7.48. The highest BCUT2D eigenvalue weighted by Gasteiger charge is 2.16. The third-order valence-electron chi connectivity index (χ3n) is 2.99. The van der Waals surface area contributed by atoms with E-state index in [1.807, 2.05) is 19.9 Å². The van der Waals surface area contributed by atoms with Gasteiger partial charge < -0.3 is 9.47 Å². The summed E-state index contributed by atoms with van der Waals surface area (Å²) < 4.78 is 10.5. The van der Waals surface area contributed by atoms with Crippen LogP contribution in [0, 0.1) is 13.8 Å². The van der Waals surface area contributed by atoms with Gasteiger partial charge in [0.05, 0.1) is 5.75 Å². The smallest absolute Gasteiger partial charge is 0.231 e. The fraction of sp³-hybridized carbons (Fsp3) is 0.267. The average Bonchev–Trinajstić information content (AvgIpc) is 2.91. The Balaban J connectivity index is 0.00000176. The summed E-state index contributed by atoms with van der Waals surface area (Å²) in [4.78, 5) is 20.8. The molecule has 0 atom stereocenters. The highest BCUT2D eigenvalue weighted by molar-refractivity contribution is 7.99. The zero-order valence-electron chi connectivity index (χ0n) is 12.2. The van der Waals surface area contributed by atoms with Gasteiger partial charge in [-0.3, -0.25) is 4.79 Å². The van der Waals surface area contributed by atoms with E-state index < -0.39 is 0 Å². The van der Waals surface area contributed by atoms with Crippen molar-refractivity contribution in [2.24, 2.45) is 0 Å². The summed E-state index contributed by atoms with van der Waals surface area (Å²) in [6.07, 6.45) is 0.